The molecule has 96 valence electrons. The Kier molecular flexibility index (Phi) is 3.10. The van der Waals surface area contributed by atoms with Crippen molar-refractivity contribution in [2.24, 2.45) is 0 Å². The number of fused-ring (bicyclic) bond motifs is 1. The lowest BCUT2D eigenvalue weighted by atomic mass is 9.75. The molecule has 0 unspecified atom stereocenters. The fraction of sp³-hybridized carbons (Fsp3) is 0.222. The zero-order valence-corrected chi connectivity index (χ0v) is 12.9. The van der Waals surface area contributed by atoms with Gasteiger partial charge in [-0.2, -0.15) is 0 Å². The van der Waals surface area contributed by atoms with Crippen LogP contribution in [0.2, 0.25) is 0 Å². The van der Waals surface area contributed by atoms with E-state index >= 15 is 0 Å². The van der Waals surface area contributed by atoms with Gasteiger partial charge >= 0.3 is 0 Å². The molecular formula is C18H17Br. The molecule has 0 nitrogen and oxygen atoms in total. The maximum Gasteiger partial charge on any atom is 0.0175 e. The van der Waals surface area contributed by atoms with Crippen molar-refractivity contribution >= 4 is 22.0 Å². The van der Waals surface area contributed by atoms with Crippen LogP contribution >= 0.6 is 15.9 Å². The highest BCUT2D eigenvalue weighted by atomic mass is 79.9. The van der Waals surface area contributed by atoms with Crippen molar-refractivity contribution in [1.82, 2.24) is 0 Å². The van der Waals surface area contributed by atoms with Gasteiger partial charge in [-0.1, -0.05) is 66.2 Å². The molecule has 0 saturated carbocycles. The molecule has 1 aliphatic carbocycles. The van der Waals surface area contributed by atoms with Crippen molar-refractivity contribution in [1.29, 1.82) is 0 Å². The van der Waals surface area contributed by atoms with Crippen LogP contribution in [0, 0.1) is 0 Å². The van der Waals surface area contributed by atoms with Gasteiger partial charge in [0.15, 0.2) is 0 Å². The molecule has 2 aromatic rings. The minimum absolute atomic E-state index is 0.252. The van der Waals surface area contributed by atoms with Crippen molar-refractivity contribution in [2.75, 3.05) is 0 Å². The van der Waals surface area contributed by atoms with Crippen LogP contribution < -0.4 is 0 Å². The monoisotopic (exact) mass is 312 g/mol. The van der Waals surface area contributed by atoms with Gasteiger partial charge in [-0.15, -0.1) is 0 Å². The molecule has 19 heavy (non-hydrogen) atoms. The van der Waals surface area contributed by atoms with E-state index in [9.17, 15) is 0 Å². The van der Waals surface area contributed by atoms with Gasteiger partial charge in [-0.3, -0.25) is 0 Å². The van der Waals surface area contributed by atoms with E-state index in [-0.39, 0.29) is 5.41 Å². The highest BCUT2D eigenvalue weighted by Gasteiger charge is 2.24. The molecule has 0 amide bonds. The first-order chi connectivity index (χ1) is 9.06. The van der Waals surface area contributed by atoms with Gasteiger partial charge in [0.25, 0.3) is 0 Å². The normalized spacial score (nSPS) is 16.2. The van der Waals surface area contributed by atoms with Crippen LogP contribution in [0.4, 0.5) is 0 Å². The summed E-state index contributed by atoms with van der Waals surface area (Å²) in [5, 5.41) is 0. The molecule has 1 heteroatoms. The van der Waals surface area contributed by atoms with Crippen molar-refractivity contribution in [3.05, 3.63) is 64.1 Å². The third-order valence-corrected chi connectivity index (χ3v) is 4.41. The number of halogens is 1. The van der Waals surface area contributed by atoms with Gasteiger partial charge in [0.1, 0.15) is 0 Å². The van der Waals surface area contributed by atoms with Crippen LogP contribution in [-0.4, -0.2) is 0 Å². The Morgan fingerprint density at radius 2 is 1.63 bits per heavy atom. The Morgan fingerprint density at radius 1 is 0.947 bits per heavy atom. The molecule has 0 N–H and O–H groups in total. The summed E-state index contributed by atoms with van der Waals surface area (Å²) in [5.41, 5.74) is 5.62. The topological polar surface area (TPSA) is 0 Å². The lowest BCUT2D eigenvalue weighted by molar-refractivity contribution is 0.529. The van der Waals surface area contributed by atoms with E-state index in [4.69, 9.17) is 0 Å². The van der Waals surface area contributed by atoms with E-state index in [0.717, 1.165) is 10.9 Å². The minimum atomic E-state index is 0.252. The number of benzene rings is 2. The molecule has 2 aromatic carbocycles. The molecule has 0 heterocycles. The smallest absolute Gasteiger partial charge is 0.0175 e. The van der Waals surface area contributed by atoms with Crippen LogP contribution in [0.5, 0.6) is 0 Å². The quantitative estimate of drug-likeness (QED) is 0.623. The summed E-state index contributed by atoms with van der Waals surface area (Å²) < 4.78 is 1.12. The third kappa shape index (κ3) is 2.40. The summed E-state index contributed by atoms with van der Waals surface area (Å²) >= 11 is 3.48. The van der Waals surface area contributed by atoms with Crippen molar-refractivity contribution < 1.29 is 0 Å². The molecule has 0 aromatic heterocycles. The average molecular weight is 313 g/mol. The largest absolute Gasteiger partial charge is 0.0831 e. The van der Waals surface area contributed by atoms with E-state index in [1.165, 1.54) is 22.3 Å². The molecule has 0 spiro atoms. The van der Waals surface area contributed by atoms with Crippen molar-refractivity contribution in [3.63, 3.8) is 0 Å². The SMILES string of the molecule is CC1(C)CC=Cc2cc(-c3ccc(Br)cc3)ccc21. The van der Waals surface area contributed by atoms with E-state index in [0.29, 0.717) is 0 Å². The van der Waals surface area contributed by atoms with Crippen molar-refractivity contribution in [2.45, 2.75) is 25.7 Å². The highest BCUT2D eigenvalue weighted by molar-refractivity contribution is 9.10. The zero-order valence-electron chi connectivity index (χ0n) is 11.3. The average Bonchev–Trinajstić information content (AvgIpc) is 2.39. The number of hydrogen-bond acceptors (Lipinski definition) is 0. The Bertz CT molecular complexity index is 633. The van der Waals surface area contributed by atoms with Crippen LogP contribution in [0.15, 0.2) is 53.0 Å². The van der Waals surface area contributed by atoms with Crippen LogP contribution in [0.3, 0.4) is 0 Å². The summed E-state index contributed by atoms with van der Waals surface area (Å²) in [6.07, 6.45) is 5.66. The Hall–Kier alpha value is -1.34. The van der Waals surface area contributed by atoms with Crippen LogP contribution in [-0.2, 0) is 5.41 Å². The first-order valence-corrected chi connectivity index (χ1v) is 7.43. The van der Waals surface area contributed by atoms with Gasteiger partial charge in [-0.25, -0.2) is 0 Å². The second kappa shape index (κ2) is 4.64. The number of allylic oxidation sites excluding steroid dienone is 1. The zero-order chi connectivity index (χ0) is 13.5. The maximum atomic E-state index is 3.48. The van der Waals surface area contributed by atoms with Crippen LogP contribution in [0.1, 0.15) is 31.4 Å². The molecule has 0 radical (unpaired) electrons. The third-order valence-electron chi connectivity index (χ3n) is 3.88. The fourth-order valence-electron chi connectivity index (χ4n) is 2.73. The van der Waals surface area contributed by atoms with Gasteiger partial charge in [0, 0.05) is 4.47 Å². The highest BCUT2D eigenvalue weighted by Crippen LogP contribution is 2.37. The molecule has 0 bridgehead atoms. The standard InChI is InChI=1S/C18H17Br/c1-18(2)11-3-4-15-12-14(7-10-17(15)18)13-5-8-16(19)9-6-13/h3-10,12H,11H2,1-2H3. The van der Waals surface area contributed by atoms with E-state index in [1.807, 2.05) is 0 Å². The molecule has 0 atom stereocenters. The second-order valence-corrected chi connectivity index (χ2v) is 6.71. The maximum absolute atomic E-state index is 3.48. The Balaban J connectivity index is 2.08. The summed E-state index contributed by atoms with van der Waals surface area (Å²) in [6.45, 7) is 4.63. The molecular weight excluding hydrogens is 296 g/mol. The summed E-state index contributed by atoms with van der Waals surface area (Å²) in [6, 6.07) is 15.3. The van der Waals surface area contributed by atoms with Gasteiger partial charge in [-0.05, 0) is 52.3 Å². The van der Waals surface area contributed by atoms with Gasteiger partial charge in [0.2, 0.25) is 0 Å². The molecule has 3 rings (SSSR count). The predicted octanol–water partition coefficient (Wildman–Crippen LogP) is 5.81. The second-order valence-electron chi connectivity index (χ2n) is 5.80. The van der Waals surface area contributed by atoms with Gasteiger partial charge in [0.05, 0.1) is 0 Å². The first kappa shape index (κ1) is 12.7. The number of hydrogen-bond donors (Lipinski definition) is 0. The predicted molar refractivity (Wildman–Crippen MR) is 86.3 cm³/mol. The fourth-order valence-corrected chi connectivity index (χ4v) is 2.99. The summed E-state index contributed by atoms with van der Waals surface area (Å²) in [5.74, 6) is 0. The van der Waals surface area contributed by atoms with E-state index in [1.54, 1.807) is 0 Å². The summed E-state index contributed by atoms with van der Waals surface area (Å²) in [7, 11) is 0. The molecule has 0 fully saturated rings. The molecule has 1 aliphatic rings. The lowest BCUT2D eigenvalue weighted by Crippen LogP contribution is -2.19. The van der Waals surface area contributed by atoms with E-state index < -0.39 is 0 Å². The molecule has 0 saturated heterocycles. The Morgan fingerprint density at radius 3 is 2.37 bits per heavy atom. The first-order valence-electron chi connectivity index (χ1n) is 6.63. The van der Waals surface area contributed by atoms with E-state index in [2.05, 4.69) is 84.4 Å². The Labute approximate surface area is 123 Å². The molecule has 0 aliphatic heterocycles. The van der Waals surface area contributed by atoms with Crippen LogP contribution in [0.25, 0.3) is 17.2 Å². The minimum Gasteiger partial charge on any atom is -0.0831 e. The summed E-state index contributed by atoms with van der Waals surface area (Å²) in [4.78, 5) is 0. The number of rotatable bonds is 1. The lowest BCUT2D eigenvalue weighted by Gasteiger charge is -2.29. The van der Waals surface area contributed by atoms with Crippen molar-refractivity contribution in [3.8, 4) is 11.1 Å². The van der Waals surface area contributed by atoms with Gasteiger partial charge < -0.3 is 0 Å².